The van der Waals surface area contributed by atoms with E-state index in [0.717, 1.165) is 11.6 Å². The van der Waals surface area contributed by atoms with Gasteiger partial charge in [0.1, 0.15) is 0 Å². The molecule has 1 aliphatic rings. The van der Waals surface area contributed by atoms with Gasteiger partial charge >= 0.3 is 0 Å². The predicted molar refractivity (Wildman–Crippen MR) is 56.4 cm³/mol. The molecule has 1 saturated heterocycles. The second-order valence-corrected chi connectivity index (χ2v) is 4.16. The maximum Gasteiger partial charge on any atom is 0.223 e. The van der Waals surface area contributed by atoms with Gasteiger partial charge in [0, 0.05) is 31.0 Å². The van der Waals surface area contributed by atoms with E-state index in [1.165, 1.54) is 5.56 Å². The molecule has 14 heavy (non-hydrogen) atoms. The van der Waals surface area contributed by atoms with Gasteiger partial charge in [-0.2, -0.15) is 0 Å². The summed E-state index contributed by atoms with van der Waals surface area (Å²) in [5.41, 5.74) is 1.20. The lowest BCUT2D eigenvalue weighted by atomic mass is 9.98. The average molecular weight is 210 g/mol. The molecular weight excluding hydrogens is 198 g/mol. The number of hydrogen-bond acceptors (Lipinski definition) is 1. The number of hydrogen-bond donors (Lipinski definition) is 0. The summed E-state index contributed by atoms with van der Waals surface area (Å²) >= 11 is 5.80. The third kappa shape index (κ3) is 1.75. The summed E-state index contributed by atoms with van der Waals surface area (Å²) in [4.78, 5) is 13.1. The van der Waals surface area contributed by atoms with E-state index < -0.39 is 0 Å². The van der Waals surface area contributed by atoms with E-state index in [4.69, 9.17) is 11.6 Å². The normalized spacial score (nSPS) is 21.7. The summed E-state index contributed by atoms with van der Waals surface area (Å²) in [6.07, 6.45) is 0.623. The molecule has 1 aromatic rings. The van der Waals surface area contributed by atoms with Crippen LogP contribution in [0.25, 0.3) is 0 Å². The summed E-state index contributed by atoms with van der Waals surface area (Å²) in [5.74, 6) is 0.565. The SMILES string of the molecule is CN1CC(c2ccc(Cl)cc2)CC1=O. The minimum Gasteiger partial charge on any atom is -0.345 e. The molecule has 0 N–H and O–H groups in total. The van der Waals surface area contributed by atoms with Crippen LogP contribution in [0.15, 0.2) is 24.3 Å². The third-order valence-electron chi connectivity index (χ3n) is 2.68. The lowest BCUT2D eigenvalue weighted by Crippen LogP contribution is -2.18. The second-order valence-electron chi connectivity index (χ2n) is 3.73. The Morgan fingerprint density at radius 3 is 2.50 bits per heavy atom. The number of rotatable bonds is 1. The zero-order valence-corrected chi connectivity index (χ0v) is 8.79. The highest BCUT2D eigenvalue weighted by atomic mass is 35.5. The van der Waals surface area contributed by atoms with Crippen molar-refractivity contribution in [1.29, 1.82) is 0 Å². The zero-order chi connectivity index (χ0) is 10.1. The van der Waals surface area contributed by atoms with E-state index in [2.05, 4.69) is 0 Å². The van der Waals surface area contributed by atoms with Gasteiger partial charge in [0.25, 0.3) is 0 Å². The standard InChI is InChI=1S/C11H12ClNO/c1-13-7-9(6-11(13)14)8-2-4-10(12)5-3-8/h2-5,9H,6-7H2,1H3. The van der Waals surface area contributed by atoms with Crippen molar-refractivity contribution in [2.45, 2.75) is 12.3 Å². The predicted octanol–water partition coefficient (Wildman–Crippen LogP) is 2.29. The molecule has 0 aromatic heterocycles. The van der Waals surface area contributed by atoms with Crippen molar-refractivity contribution in [3.05, 3.63) is 34.9 Å². The van der Waals surface area contributed by atoms with E-state index in [0.29, 0.717) is 12.3 Å². The Hall–Kier alpha value is -1.02. The van der Waals surface area contributed by atoms with E-state index in [1.54, 1.807) is 4.90 Å². The van der Waals surface area contributed by atoms with Crippen LogP contribution in [-0.4, -0.2) is 24.4 Å². The number of benzene rings is 1. The van der Waals surface area contributed by atoms with Crippen molar-refractivity contribution in [3.8, 4) is 0 Å². The molecule has 2 nitrogen and oxygen atoms in total. The van der Waals surface area contributed by atoms with Crippen LogP contribution in [0.4, 0.5) is 0 Å². The highest BCUT2D eigenvalue weighted by Crippen LogP contribution is 2.27. The molecule has 1 atom stereocenters. The molecule has 1 aliphatic heterocycles. The van der Waals surface area contributed by atoms with E-state index >= 15 is 0 Å². The molecule has 2 rings (SSSR count). The maximum absolute atomic E-state index is 11.3. The fourth-order valence-corrected chi connectivity index (χ4v) is 1.95. The van der Waals surface area contributed by atoms with Crippen LogP contribution in [-0.2, 0) is 4.79 Å². The highest BCUT2D eigenvalue weighted by Gasteiger charge is 2.27. The number of halogens is 1. The van der Waals surface area contributed by atoms with Crippen LogP contribution in [0.3, 0.4) is 0 Å². The fraction of sp³-hybridized carbons (Fsp3) is 0.364. The van der Waals surface area contributed by atoms with Gasteiger partial charge in [-0.05, 0) is 17.7 Å². The number of carbonyl (C=O) groups excluding carboxylic acids is 1. The summed E-state index contributed by atoms with van der Waals surface area (Å²) in [6.45, 7) is 0.820. The first-order valence-electron chi connectivity index (χ1n) is 4.66. The van der Waals surface area contributed by atoms with Crippen LogP contribution < -0.4 is 0 Å². The number of likely N-dealkylation sites (N-methyl/N-ethyl adjacent to an activating group) is 1. The molecular formula is C11H12ClNO. The molecule has 0 saturated carbocycles. The van der Waals surface area contributed by atoms with Crippen LogP contribution in [0, 0.1) is 0 Å². The van der Waals surface area contributed by atoms with Crippen molar-refractivity contribution in [3.63, 3.8) is 0 Å². The third-order valence-corrected chi connectivity index (χ3v) is 2.93. The molecule has 1 heterocycles. The van der Waals surface area contributed by atoms with Gasteiger partial charge < -0.3 is 4.90 Å². The van der Waals surface area contributed by atoms with Gasteiger partial charge in [0.2, 0.25) is 5.91 Å². The lowest BCUT2D eigenvalue weighted by molar-refractivity contribution is -0.126. The molecule has 1 unspecified atom stereocenters. The quantitative estimate of drug-likeness (QED) is 0.695. The van der Waals surface area contributed by atoms with E-state index in [1.807, 2.05) is 31.3 Å². The molecule has 0 radical (unpaired) electrons. The number of carbonyl (C=O) groups is 1. The summed E-state index contributed by atoms with van der Waals surface area (Å²) < 4.78 is 0. The largest absolute Gasteiger partial charge is 0.345 e. The summed E-state index contributed by atoms with van der Waals surface area (Å²) in [7, 11) is 1.85. The van der Waals surface area contributed by atoms with Crippen molar-refractivity contribution < 1.29 is 4.79 Å². The zero-order valence-electron chi connectivity index (χ0n) is 8.03. The fourth-order valence-electron chi connectivity index (χ4n) is 1.82. The van der Waals surface area contributed by atoms with Crippen LogP contribution >= 0.6 is 11.6 Å². The molecule has 74 valence electrons. The summed E-state index contributed by atoms with van der Waals surface area (Å²) in [6, 6.07) is 7.75. The van der Waals surface area contributed by atoms with Crippen molar-refractivity contribution in [2.24, 2.45) is 0 Å². The molecule has 0 bridgehead atoms. The van der Waals surface area contributed by atoms with Gasteiger partial charge in [-0.25, -0.2) is 0 Å². The van der Waals surface area contributed by atoms with Crippen LogP contribution in [0.5, 0.6) is 0 Å². The second kappa shape index (κ2) is 3.62. The van der Waals surface area contributed by atoms with Gasteiger partial charge in [0.05, 0.1) is 0 Å². The Labute approximate surface area is 88.5 Å². The lowest BCUT2D eigenvalue weighted by Gasteiger charge is -2.10. The topological polar surface area (TPSA) is 20.3 Å². The van der Waals surface area contributed by atoms with Gasteiger partial charge in [0.15, 0.2) is 0 Å². The monoisotopic (exact) mass is 209 g/mol. The molecule has 0 aliphatic carbocycles. The molecule has 1 amide bonds. The van der Waals surface area contributed by atoms with E-state index in [-0.39, 0.29) is 5.91 Å². The average Bonchev–Trinajstić information content (AvgIpc) is 2.48. The van der Waals surface area contributed by atoms with Crippen molar-refractivity contribution >= 4 is 17.5 Å². The first-order valence-corrected chi connectivity index (χ1v) is 5.04. The van der Waals surface area contributed by atoms with Gasteiger partial charge in [-0.15, -0.1) is 0 Å². The van der Waals surface area contributed by atoms with Crippen LogP contribution in [0.1, 0.15) is 17.9 Å². The Bertz CT molecular complexity index is 347. The minimum absolute atomic E-state index is 0.227. The first-order chi connectivity index (χ1) is 6.66. The van der Waals surface area contributed by atoms with E-state index in [9.17, 15) is 4.79 Å². The number of likely N-dealkylation sites (tertiary alicyclic amines) is 1. The number of nitrogens with zero attached hydrogens (tertiary/aromatic N) is 1. The van der Waals surface area contributed by atoms with Gasteiger partial charge in [-0.1, -0.05) is 23.7 Å². The van der Waals surface area contributed by atoms with Crippen molar-refractivity contribution in [2.75, 3.05) is 13.6 Å². The highest BCUT2D eigenvalue weighted by molar-refractivity contribution is 6.30. The maximum atomic E-state index is 11.3. The Morgan fingerprint density at radius 2 is 2.00 bits per heavy atom. The Balaban J connectivity index is 2.17. The minimum atomic E-state index is 0.227. The van der Waals surface area contributed by atoms with Crippen molar-refractivity contribution in [1.82, 2.24) is 4.90 Å². The molecule has 1 fully saturated rings. The molecule has 0 spiro atoms. The summed E-state index contributed by atoms with van der Waals surface area (Å²) in [5, 5.41) is 0.742. The molecule has 3 heteroatoms. The van der Waals surface area contributed by atoms with Crippen LogP contribution in [0.2, 0.25) is 5.02 Å². The Kier molecular flexibility index (Phi) is 2.46. The molecule has 1 aromatic carbocycles. The smallest absolute Gasteiger partial charge is 0.223 e. The number of amides is 1. The first kappa shape index (κ1) is 9.53. The Morgan fingerprint density at radius 1 is 1.36 bits per heavy atom. The van der Waals surface area contributed by atoms with Gasteiger partial charge in [-0.3, -0.25) is 4.79 Å².